The zero-order chi connectivity index (χ0) is 25.4. The minimum atomic E-state index is -0.400. The van der Waals surface area contributed by atoms with Crippen LogP contribution in [0.25, 0.3) is 27.8 Å². The van der Waals surface area contributed by atoms with Gasteiger partial charge in [-0.05, 0) is 64.9 Å². The molecule has 0 aliphatic rings. The van der Waals surface area contributed by atoms with Crippen LogP contribution >= 0.6 is 11.6 Å². The van der Waals surface area contributed by atoms with E-state index in [2.05, 4.69) is 20.5 Å². The molecule has 1 N–H and O–H groups in total. The summed E-state index contributed by atoms with van der Waals surface area (Å²) >= 11 is 6.28. The van der Waals surface area contributed by atoms with Crippen LogP contribution in [0.1, 0.15) is 23.0 Å². The number of fused-ring (bicyclic) bond motifs is 1. The van der Waals surface area contributed by atoms with Crippen molar-refractivity contribution in [3.63, 3.8) is 0 Å². The van der Waals surface area contributed by atoms with E-state index < -0.39 is 5.92 Å². The van der Waals surface area contributed by atoms with Crippen LogP contribution in [0.4, 0.5) is 4.39 Å². The molecule has 0 bridgehead atoms. The molecule has 0 unspecified atom stereocenters. The summed E-state index contributed by atoms with van der Waals surface area (Å²) in [6.45, 7) is 0. The number of benzene rings is 3. The molecule has 0 aliphatic heterocycles. The Balaban J connectivity index is 1.45. The van der Waals surface area contributed by atoms with Crippen molar-refractivity contribution < 1.29 is 9.12 Å². The first-order valence-electron chi connectivity index (χ1n) is 11.5. The van der Waals surface area contributed by atoms with Gasteiger partial charge in [-0.1, -0.05) is 41.9 Å². The van der Waals surface area contributed by atoms with E-state index in [0.29, 0.717) is 50.8 Å². The molecule has 0 saturated carbocycles. The molecule has 3 heterocycles. The Morgan fingerprint density at radius 2 is 1.89 bits per heavy atom. The van der Waals surface area contributed by atoms with E-state index in [0.717, 1.165) is 10.3 Å². The minimum Gasteiger partial charge on any atom is -0.618 e. The van der Waals surface area contributed by atoms with Gasteiger partial charge >= 0.3 is 0 Å². The highest BCUT2D eigenvalue weighted by molar-refractivity contribution is 6.31. The van der Waals surface area contributed by atoms with Crippen LogP contribution in [0.3, 0.4) is 0 Å². The third kappa shape index (κ3) is 4.52. The molecule has 10 heteroatoms. The lowest BCUT2D eigenvalue weighted by molar-refractivity contribution is -0.614. The van der Waals surface area contributed by atoms with E-state index in [1.165, 1.54) is 29.3 Å². The number of aromatic amines is 1. The van der Waals surface area contributed by atoms with Gasteiger partial charge < -0.3 is 10.2 Å². The average Bonchev–Trinajstić information content (AvgIpc) is 3.58. The number of nitrogens with zero attached hydrogens (tertiary/aromatic N) is 6. The second kappa shape index (κ2) is 9.44. The predicted molar refractivity (Wildman–Crippen MR) is 137 cm³/mol. The normalized spacial score (nSPS) is 12.2. The van der Waals surface area contributed by atoms with E-state index in [-0.39, 0.29) is 5.82 Å². The fraction of sp³-hybridized carbons (Fsp3) is 0.0741. The zero-order valence-corrected chi connectivity index (χ0v) is 20.0. The Morgan fingerprint density at radius 1 is 1.03 bits per heavy atom. The fourth-order valence-electron chi connectivity index (χ4n) is 4.49. The van der Waals surface area contributed by atoms with Crippen molar-refractivity contribution in [2.75, 3.05) is 0 Å². The summed E-state index contributed by atoms with van der Waals surface area (Å²) in [5, 5.41) is 25.4. The highest BCUT2D eigenvalue weighted by atomic mass is 35.5. The Bertz CT molecular complexity index is 1700. The van der Waals surface area contributed by atoms with Crippen LogP contribution in [0.5, 0.6) is 0 Å². The summed E-state index contributed by atoms with van der Waals surface area (Å²) in [6.07, 6.45) is 3.51. The number of aromatic nitrogens is 7. The Kier molecular flexibility index (Phi) is 5.82. The highest BCUT2D eigenvalue weighted by Crippen LogP contribution is 2.31. The first-order chi connectivity index (χ1) is 18.0. The van der Waals surface area contributed by atoms with Gasteiger partial charge in [-0.25, -0.2) is 9.37 Å². The van der Waals surface area contributed by atoms with E-state index in [1.807, 2.05) is 36.4 Å². The summed E-state index contributed by atoms with van der Waals surface area (Å²) < 4.78 is 16.2. The van der Waals surface area contributed by atoms with Crippen LogP contribution in [-0.4, -0.2) is 30.2 Å². The lowest BCUT2D eigenvalue weighted by atomic mass is 9.94. The number of imidazole rings is 1. The second-order valence-corrected chi connectivity index (χ2v) is 9.05. The van der Waals surface area contributed by atoms with Crippen molar-refractivity contribution in [2.24, 2.45) is 0 Å². The maximum atomic E-state index is 13.8. The molecule has 0 amide bonds. The van der Waals surface area contributed by atoms with Gasteiger partial charge in [0, 0.05) is 22.2 Å². The number of halogens is 2. The summed E-state index contributed by atoms with van der Waals surface area (Å²) in [5.41, 5.74) is 4.78. The van der Waals surface area contributed by atoms with E-state index >= 15 is 0 Å². The molecular weight excluding hydrogens is 493 g/mol. The number of nitrogens with one attached hydrogen (secondary N) is 1. The fourth-order valence-corrected chi connectivity index (χ4v) is 4.66. The van der Waals surface area contributed by atoms with Gasteiger partial charge in [-0.3, -0.25) is 0 Å². The van der Waals surface area contributed by atoms with Crippen LogP contribution < -0.4 is 4.73 Å². The molecule has 0 spiro atoms. The van der Waals surface area contributed by atoms with Crippen LogP contribution in [0, 0.1) is 11.0 Å². The lowest BCUT2D eigenvalue weighted by Gasteiger charge is -2.16. The Hall–Kier alpha value is -4.63. The molecule has 6 rings (SSSR count). The van der Waals surface area contributed by atoms with Gasteiger partial charge in [0.05, 0.1) is 16.7 Å². The molecule has 0 radical (unpaired) electrons. The standard InChI is InChI=1S/C27H19ClFN7O/c28-19-7-11-25(35-16-30-33-34-35)21(13-19)18-6-10-26(36(37)15-18)22(12-17-4-2-1-3-5-17)27-31-23-9-8-20(29)14-24(23)32-27/h1-11,13-16,22H,12H2,(H,31,32)/t22-/m1/s1. The largest absolute Gasteiger partial charge is 0.618 e. The van der Waals surface area contributed by atoms with Crippen molar-refractivity contribution in [3.05, 3.63) is 125 Å². The van der Waals surface area contributed by atoms with Crippen LogP contribution in [-0.2, 0) is 6.42 Å². The van der Waals surface area contributed by atoms with Gasteiger partial charge in [-0.2, -0.15) is 9.41 Å². The maximum absolute atomic E-state index is 13.8. The van der Waals surface area contributed by atoms with Gasteiger partial charge in [0.2, 0.25) is 5.69 Å². The van der Waals surface area contributed by atoms with Gasteiger partial charge in [0.25, 0.3) is 0 Å². The first-order valence-corrected chi connectivity index (χ1v) is 11.9. The van der Waals surface area contributed by atoms with Crippen LogP contribution in [0.2, 0.25) is 5.02 Å². The molecule has 1 atom stereocenters. The predicted octanol–water partition coefficient (Wildman–Crippen LogP) is 5.01. The average molecular weight is 512 g/mol. The Morgan fingerprint density at radius 3 is 2.68 bits per heavy atom. The van der Waals surface area contributed by atoms with Gasteiger partial charge in [-0.15, -0.1) is 5.10 Å². The van der Waals surface area contributed by atoms with E-state index in [9.17, 15) is 9.60 Å². The quantitative estimate of drug-likeness (QED) is 0.250. The minimum absolute atomic E-state index is 0.356. The molecule has 3 aromatic carbocycles. The molecule has 182 valence electrons. The Labute approximate surface area is 215 Å². The van der Waals surface area contributed by atoms with Gasteiger partial charge in [0.1, 0.15) is 23.9 Å². The third-order valence-electron chi connectivity index (χ3n) is 6.24. The molecule has 0 fully saturated rings. The summed E-state index contributed by atoms with van der Waals surface area (Å²) in [7, 11) is 0. The molecule has 6 aromatic rings. The smallest absolute Gasteiger partial charge is 0.203 e. The molecule has 8 nitrogen and oxygen atoms in total. The molecular formula is C27H19ClFN7O. The number of rotatable bonds is 6. The summed E-state index contributed by atoms with van der Waals surface area (Å²) in [5.74, 6) is -0.174. The highest BCUT2D eigenvalue weighted by Gasteiger charge is 2.27. The second-order valence-electron chi connectivity index (χ2n) is 8.61. The first kappa shape index (κ1) is 22.8. The van der Waals surface area contributed by atoms with Crippen molar-refractivity contribution in [3.8, 4) is 16.8 Å². The number of pyridine rings is 1. The number of hydrogen-bond acceptors (Lipinski definition) is 5. The zero-order valence-electron chi connectivity index (χ0n) is 19.3. The number of hydrogen-bond donors (Lipinski definition) is 1. The molecule has 0 aliphatic carbocycles. The van der Waals surface area contributed by atoms with E-state index in [4.69, 9.17) is 16.6 Å². The maximum Gasteiger partial charge on any atom is 0.203 e. The molecule has 0 saturated heterocycles. The molecule has 37 heavy (non-hydrogen) atoms. The SMILES string of the molecule is [O-][n+]1cc(-c2cc(Cl)ccc2-n2cnnn2)ccc1[C@@H](Cc1ccccc1)c1nc2ccc(F)cc2[nH]1. The van der Waals surface area contributed by atoms with Crippen molar-refractivity contribution >= 4 is 22.6 Å². The monoisotopic (exact) mass is 511 g/mol. The van der Waals surface area contributed by atoms with E-state index in [1.54, 1.807) is 30.3 Å². The number of tetrazole rings is 1. The van der Waals surface area contributed by atoms with Crippen molar-refractivity contribution in [1.82, 2.24) is 30.2 Å². The van der Waals surface area contributed by atoms with Crippen LogP contribution in [0.15, 0.2) is 91.4 Å². The lowest BCUT2D eigenvalue weighted by Crippen LogP contribution is -2.34. The third-order valence-corrected chi connectivity index (χ3v) is 6.48. The van der Waals surface area contributed by atoms with Gasteiger partial charge in [0.15, 0.2) is 6.20 Å². The summed E-state index contributed by atoms with van der Waals surface area (Å²) in [6, 6.07) is 23.2. The molecule has 3 aromatic heterocycles. The van der Waals surface area contributed by atoms with Crippen molar-refractivity contribution in [1.29, 1.82) is 0 Å². The number of H-pyrrole nitrogens is 1. The topological polar surface area (TPSA) is 99.2 Å². The van der Waals surface area contributed by atoms with Crippen molar-refractivity contribution in [2.45, 2.75) is 12.3 Å². The summed E-state index contributed by atoms with van der Waals surface area (Å²) in [4.78, 5) is 7.91.